The van der Waals surface area contributed by atoms with Gasteiger partial charge in [0.05, 0.1) is 12.2 Å². The molecule has 2 aliphatic heterocycles. The zero-order valence-electron chi connectivity index (χ0n) is 18.9. The molecule has 4 heterocycles. The first-order valence-electron chi connectivity index (χ1n) is 11.6. The van der Waals surface area contributed by atoms with E-state index in [9.17, 15) is 0 Å². The van der Waals surface area contributed by atoms with Crippen molar-refractivity contribution in [2.75, 3.05) is 31.2 Å². The molecule has 7 nitrogen and oxygen atoms in total. The lowest BCUT2D eigenvalue weighted by atomic mass is 9.98. The number of hydrogen-bond acceptors (Lipinski definition) is 7. The van der Waals surface area contributed by atoms with Gasteiger partial charge < -0.3 is 19.5 Å². The van der Waals surface area contributed by atoms with Crippen molar-refractivity contribution >= 4 is 16.7 Å². The predicted octanol–water partition coefficient (Wildman–Crippen LogP) is 3.95. The van der Waals surface area contributed by atoms with Crippen LogP contribution in [0, 0.1) is 19.7 Å². The summed E-state index contributed by atoms with van der Waals surface area (Å²) < 4.78 is 25.8. The topological polar surface area (TPSA) is 76.3 Å². The van der Waals surface area contributed by atoms with Crippen LogP contribution in [0.4, 0.5) is 10.2 Å². The number of benzene rings is 1. The van der Waals surface area contributed by atoms with Crippen molar-refractivity contribution < 1.29 is 13.7 Å². The lowest BCUT2D eigenvalue weighted by Gasteiger charge is -2.35. The number of halogens is 1. The third kappa shape index (κ3) is 3.97. The number of pyridine rings is 1. The van der Waals surface area contributed by atoms with Crippen LogP contribution in [0.3, 0.4) is 0 Å². The first kappa shape index (κ1) is 21.3. The second-order valence-corrected chi connectivity index (χ2v) is 8.89. The number of nitrogens with zero attached hydrogens (tertiary/aromatic N) is 4. The van der Waals surface area contributed by atoms with Crippen LogP contribution in [0.15, 0.2) is 16.7 Å². The Balaban J connectivity index is 1.52. The van der Waals surface area contributed by atoms with Crippen LogP contribution in [0.5, 0.6) is 0 Å². The highest BCUT2D eigenvalue weighted by Gasteiger charge is 2.28. The highest BCUT2D eigenvalue weighted by Crippen LogP contribution is 2.37. The van der Waals surface area contributed by atoms with Crippen LogP contribution < -0.4 is 10.2 Å². The Bertz CT molecular complexity index is 1120. The molecule has 2 saturated heterocycles. The zero-order valence-corrected chi connectivity index (χ0v) is 18.9. The Labute approximate surface area is 187 Å². The molecule has 32 heavy (non-hydrogen) atoms. The number of aryl methyl sites for hydroxylation is 3. The van der Waals surface area contributed by atoms with E-state index in [1.165, 1.54) is 0 Å². The molecule has 1 atom stereocenters. The number of hydrogen-bond donors (Lipinski definition) is 1. The van der Waals surface area contributed by atoms with Gasteiger partial charge in [-0.3, -0.25) is 0 Å². The molecule has 1 N–H and O–H groups in total. The monoisotopic (exact) mass is 439 g/mol. The van der Waals surface area contributed by atoms with Gasteiger partial charge in [0.2, 0.25) is 11.7 Å². The van der Waals surface area contributed by atoms with Crippen molar-refractivity contribution in [2.45, 2.75) is 58.5 Å². The van der Waals surface area contributed by atoms with Crippen LogP contribution in [0.25, 0.3) is 22.3 Å². The summed E-state index contributed by atoms with van der Waals surface area (Å²) in [4.78, 5) is 11.6. The number of rotatable bonds is 5. The van der Waals surface area contributed by atoms with E-state index in [4.69, 9.17) is 14.2 Å². The van der Waals surface area contributed by atoms with Crippen molar-refractivity contribution in [1.82, 2.24) is 20.4 Å². The van der Waals surface area contributed by atoms with Crippen molar-refractivity contribution in [1.29, 1.82) is 0 Å². The number of fused-ring (bicyclic) bond motifs is 1. The molecule has 3 aromatic rings. The Hall–Kier alpha value is -2.58. The third-order valence-electron chi connectivity index (χ3n) is 6.70. The summed E-state index contributed by atoms with van der Waals surface area (Å²) in [5.74, 6) is 1.47. The fraction of sp³-hybridized carbons (Fsp3) is 0.542. The van der Waals surface area contributed by atoms with Gasteiger partial charge in [-0.1, -0.05) is 12.1 Å². The van der Waals surface area contributed by atoms with Crippen LogP contribution in [-0.2, 0) is 11.2 Å². The minimum atomic E-state index is -0.280. The molecule has 0 amide bonds. The Morgan fingerprint density at radius 3 is 2.59 bits per heavy atom. The molecule has 0 aliphatic carbocycles. The molecule has 0 spiro atoms. The molecular formula is C24H30FN5O2. The van der Waals surface area contributed by atoms with E-state index in [-0.39, 0.29) is 5.82 Å². The second kappa shape index (κ2) is 8.75. The predicted molar refractivity (Wildman–Crippen MR) is 121 cm³/mol. The summed E-state index contributed by atoms with van der Waals surface area (Å²) in [5.41, 5.74) is 3.12. The van der Waals surface area contributed by atoms with Crippen molar-refractivity contribution in [3.8, 4) is 11.4 Å². The minimum Gasteiger partial charge on any atom is -0.380 e. The quantitative estimate of drug-likeness (QED) is 0.645. The molecule has 1 aromatic carbocycles. The van der Waals surface area contributed by atoms with Gasteiger partial charge >= 0.3 is 0 Å². The number of aromatic nitrogens is 3. The second-order valence-electron chi connectivity index (χ2n) is 8.89. The Morgan fingerprint density at radius 1 is 1.12 bits per heavy atom. The van der Waals surface area contributed by atoms with Gasteiger partial charge in [-0.2, -0.15) is 4.98 Å². The average Bonchev–Trinajstić information content (AvgIpc) is 3.46. The molecule has 0 saturated carbocycles. The molecule has 170 valence electrons. The number of anilines is 1. The molecule has 2 fully saturated rings. The molecule has 2 aliphatic rings. The molecule has 5 rings (SSSR count). The summed E-state index contributed by atoms with van der Waals surface area (Å²) >= 11 is 0. The van der Waals surface area contributed by atoms with Gasteiger partial charge in [0.15, 0.2) is 0 Å². The summed E-state index contributed by atoms with van der Waals surface area (Å²) in [6.07, 6.45) is 3.83. The van der Waals surface area contributed by atoms with Crippen LogP contribution in [0.2, 0.25) is 0 Å². The number of nitrogens with one attached hydrogen (secondary N) is 1. The van der Waals surface area contributed by atoms with Gasteiger partial charge in [-0.15, -0.1) is 0 Å². The van der Waals surface area contributed by atoms with Gasteiger partial charge in [0.1, 0.15) is 17.2 Å². The van der Waals surface area contributed by atoms with E-state index >= 15 is 4.39 Å². The first-order valence-corrected chi connectivity index (χ1v) is 11.6. The normalized spacial score (nSPS) is 19.9. The third-order valence-corrected chi connectivity index (χ3v) is 6.70. The molecule has 2 aromatic heterocycles. The fourth-order valence-electron chi connectivity index (χ4n) is 4.88. The lowest BCUT2D eigenvalue weighted by molar-refractivity contribution is 0.186. The van der Waals surface area contributed by atoms with Crippen LogP contribution >= 0.6 is 0 Å². The van der Waals surface area contributed by atoms with Gasteiger partial charge in [0, 0.05) is 44.1 Å². The summed E-state index contributed by atoms with van der Waals surface area (Å²) in [6, 6.07) is 4.53. The van der Waals surface area contributed by atoms with E-state index in [0.717, 1.165) is 79.9 Å². The first-order chi connectivity index (χ1) is 15.5. The van der Waals surface area contributed by atoms with E-state index in [1.54, 1.807) is 13.0 Å². The van der Waals surface area contributed by atoms with Crippen LogP contribution in [0.1, 0.15) is 43.2 Å². The fourth-order valence-corrected chi connectivity index (χ4v) is 4.88. The standard InChI is InChI=1S/C24H30FN5O2/c1-4-16-11-19-14(2)21(23-26-15(3)32-29-23)24(28-22(19)20(25)12-16)30-8-5-17(6-9-30)27-18-7-10-31-13-18/h11-12,17-18,27H,4-10,13H2,1-3H3/t18-/m0/s1. The highest BCUT2D eigenvalue weighted by molar-refractivity contribution is 5.93. The largest absolute Gasteiger partial charge is 0.380 e. The molecule has 0 radical (unpaired) electrons. The summed E-state index contributed by atoms with van der Waals surface area (Å²) in [5, 5.41) is 8.72. The summed E-state index contributed by atoms with van der Waals surface area (Å²) in [6.45, 7) is 9.11. The SMILES string of the molecule is CCc1cc(F)c2nc(N3CCC(N[C@H]4CCOC4)CC3)c(-c3noc(C)n3)c(C)c2c1. The molecule has 8 heteroatoms. The number of piperidine rings is 1. The van der Waals surface area contributed by atoms with Crippen molar-refractivity contribution in [2.24, 2.45) is 0 Å². The summed E-state index contributed by atoms with van der Waals surface area (Å²) in [7, 11) is 0. The van der Waals surface area contributed by atoms with Gasteiger partial charge in [-0.05, 0) is 55.9 Å². The van der Waals surface area contributed by atoms with Crippen molar-refractivity contribution in [3.63, 3.8) is 0 Å². The molecule has 0 bridgehead atoms. The van der Waals surface area contributed by atoms with E-state index in [2.05, 4.69) is 20.4 Å². The van der Waals surface area contributed by atoms with E-state index in [1.807, 2.05) is 19.9 Å². The van der Waals surface area contributed by atoms with Gasteiger partial charge in [0.25, 0.3) is 0 Å². The van der Waals surface area contributed by atoms with E-state index < -0.39 is 0 Å². The zero-order chi connectivity index (χ0) is 22.2. The van der Waals surface area contributed by atoms with Crippen molar-refractivity contribution in [3.05, 3.63) is 35.0 Å². The Morgan fingerprint density at radius 2 is 1.94 bits per heavy atom. The Kier molecular flexibility index (Phi) is 5.82. The molecular weight excluding hydrogens is 409 g/mol. The maximum Gasteiger partial charge on any atom is 0.223 e. The number of ether oxygens (including phenoxy) is 1. The van der Waals surface area contributed by atoms with Crippen LogP contribution in [-0.4, -0.2) is 53.5 Å². The smallest absolute Gasteiger partial charge is 0.223 e. The lowest BCUT2D eigenvalue weighted by Crippen LogP contribution is -2.46. The average molecular weight is 440 g/mol. The van der Waals surface area contributed by atoms with E-state index in [0.29, 0.717) is 29.3 Å². The highest BCUT2D eigenvalue weighted by atomic mass is 19.1. The minimum absolute atomic E-state index is 0.280. The maximum atomic E-state index is 15.0. The maximum absolute atomic E-state index is 15.0. The molecule has 0 unspecified atom stereocenters. The van der Waals surface area contributed by atoms with Gasteiger partial charge in [-0.25, -0.2) is 9.37 Å².